The van der Waals surface area contributed by atoms with Gasteiger partial charge in [-0.25, -0.2) is 4.98 Å². The van der Waals surface area contributed by atoms with E-state index in [1.165, 1.54) is 6.39 Å². The molecule has 2 aliphatic rings. The lowest BCUT2D eigenvalue weighted by molar-refractivity contribution is 0.0692. The van der Waals surface area contributed by atoms with Crippen LogP contribution >= 0.6 is 0 Å². The predicted molar refractivity (Wildman–Crippen MR) is 77.0 cm³/mol. The fourth-order valence-electron chi connectivity index (χ4n) is 3.76. The number of ether oxygens (including phenoxy) is 1. The van der Waals surface area contributed by atoms with Crippen LogP contribution in [0.5, 0.6) is 0 Å². The van der Waals surface area contributed by atoms with Crippen LogP contribution in [0.15, 0.2) is 10.8 Å². The van der Waals surface area contributed by atoms with Crippen molar-refractivity contribution in [2.45, 2.75) is 19.8 Å². The largest absolute Gasteiger partial charge is 0.438 e. The summed E-state index contributed by atoms with van der Waals surface area (Å²) in [7, 11) is 1.74. The van der Waals surface area contributed by atoms with Crippen LogP contribution in [0.3, 0.4) is 0 Å². The van der Waals surface area contributed by atoms with Gasteiger partial charge in [-0.2, -0.15) is 0 Å². The molecular formula is C15H23N3O3. The van der Waals surface area contributed by atoms with Gasteiger partial charge in [-0.15, -0.1) is 0 Å². The average molecular weight is 293 g/mol. The van der Waals surface area contributed by atoms with Gasteiger partial charge in [-0.3, -0.25) is 4.79 Å². The smallest absolute Gasteiger partial charge is 0.291 e. The first-order valence-electron chi connectivity index (χ1n) is 7.55. The lowest BCUT2D eigenvalue weighted by Crippen LogP contribution is -2.43. The molecule has 6 heteroatoms. The van der Waals surface area contributed by atoms with Gasteiger partial charge < -0.3 is 19.4 Å². The van der Waals surface area contributed by atoms with E-state index >= 15 is 0 Å². The van der Waals surface area contributed by atoms with Crippen molar-refractivity contribution in [3.05, 3.63) is 17.8 Å². The summed E-state index contributed by atoms with van der Waals surface area (Å²) in [5.74, 6) is 0.732. The van der Waals surface area contributed by atoms with E-state index < -0.39 is 0 Å². The number of hydrogen-bond acceptors (Lipinski definition) is 5. The van der Waals surface area contributed by atoms with Crippen LogP contribution in [-0.4, -0.2) is 55.7 Å². The Hall–Kier alpha value is -1.40. The van der Waals surface area contributed by atoms with Crippen LogP contribution < -0.4 is 5.32 Å². The summed E-state index contributed by atoms with van der Waals surface area (Å²) in [6, 6.07) is 0. The third kappa shape index (κ3) is 2.58. The molecule has 1 N–H and O–H groups in total. The number of aromatic nitrogens is 1. The molecule has 0 radical (unpaired) electrons. The van der Waals surface area contributed by atoms with Crippen molar-refractivity contribution in [2.75, 3.05) is 39.9 Å². The molecule has 0 aliphatic carbocycles. The summed E-state index contributed by atoms with van der Waals surface area (Å²) >= 11 is 0. The molecule has 2 saturated heterocycles. The standard InChI is InChI=1S/C15H23N3O3/c1-11-13(21-10-17-11)14(19)18-7-12(8-20-2)15(9-18)3-5-16-6-4-15/h10,12,16H,3-9H2,1-2H3. The van der Waals surface area contributed by atoms with E-state index in [-0.39, 0.29) is 11.3 Å². The number of amides is 1. The minimum Gasteiger partial charge on any atom is -0.438 e. The van der Waals surface area contributed by atoms with Crippen molar-refractivity contribution in [2.24, 2.45) is 11.3 Å². The van der Waals surface area contributed by atoms with Crippen LogP contribution in [0.4, 0.5) is 0 Å². The Morgan fingerprint density at radius 2 is 2.33 bits per heavy atom. The van der Waals surface area contributed by atoms with Gasteiger partial charge in [0.25, 0.3) is 5.91 Å². The van der Waals surface area contributed by atoms with E-state index in [9.17, 15) is 4.79 Å². The highest BCUT2D eigenvalue weighted by atomic mass is 16.5. The normalized spacial score (nSPS) is 24.7. The molecule has 1 aromatic heterocycles. The molecule has 0 aromatic carbocycles. The molecule has 6 nitrogen and oxygen atoms in total. The zero-order chi connectivity index (χ0) is 14.9. The van der Waals surface area contributed by atoms with Gasteiger partial charge in [0.15, 0.2) is 6.39 Å². The summed E-state index contributed by atoms with van der Waals surface area (Å²) < 4.78 is 10.7. The SMILES string of the molecule is COCC1CN(C(=O)c2ocnc2C)CC12CCNCC2. The molecular weight excluding hydrogens is 270 g/mol. The number of likely N-dealkylation sites (tertiary alicyclic amines) is 1. The maximum absolute atomic E-state index is 12.6. The van der Waals surface area contributed by atoms with E-state index in [0.29, 0.717) is 24.0 Å². The Morgan fingerprint density at radius 1 is 1.57 bits per heavy atom. The van der Waals surface area contributed by atoms with Crippen molar-refractivity contribution in [1.29, 1.82) is 0 Å². The monoisotopic (exact) mass is 293 g/mol. The van der Waals surface area contributed by atoms with Crippen molar-refractivity contribution in [3.8, 4) is 0 Å². The van der Waals surface area contributed by atoms with Gasteiger partial charge in [0.2, 0.25) is 5.76 Å². The minimum absolute atomic E-state index is 0.0403. The van der Waals surface area contributed by atoms with E-state index in [1.807, 2.05) is 4.90 Å². The second-order valence-electron chi connectivity index (χ2n) is 6.22. The molecule has 2 aliphatic heterocycles. The highest BCUT2D eigenvalue weighted by Crippen LogP contribution is 2.43. The molecule has 1 atom stereocenters. The average Bonchev–Trinajstić information content (AvgIpc) is 3.05. The minimum atomic E-state index is -0.0403. The Bertz CT molecular complexity index is 508. The molecule has 0 bridgehead atoms. The third-order valence-electron chi connectivity index (χ3n) is 5.01. The van der Waals surface area contributed by atoms with Gasteiger partial charge in [-0.05, 0) is 38.3 Å². The van der Waals surface area contributed by atoms with E-state index in [4.69, 9.17) is 9.15 Å². The number of aryl methyl sites for hydroxylation is 1. The number of nitrogens with zero attached hydrogens (tertiary/aromatic N) is 2. The van der Waals surface area contributed by atoms with E-state index in [0.717, 1.165) is 39.0 Å². The highest BCUT2D eigenvalue weighted by Gasteiger charge is 2.48. The lowest BCUT2D eigenvalue weighted by Gasteiger charge is -2.38. The predicted octanol–water partition coefficient (Wildman–Crippen LogP) is 1.07. The fraction of sp³-hybridized carbons (Fsp3) is 0.733. The van der Waals surface area contributed by atoms with Gasteiger partial charge in [0, 0.05) is 26.1 Å². The first-order valence-corrected chi connectivity index (χ1v) is 7.55. The number of hydrogen-bond donors (Lipinski definition) is 1. The van der Waals surface area contributed by atoms with Crippen molar-refractivity contribution in [1.82, 2.24) is 15.2 Å². The van der Waals surface area contributed by atoms with Crippen LogP contribution in [0.2, 0.25) is 0 Å². The molecule has 2 fully saturated rings. The van der Waals surface area contributed by atoms with Crippen molar-refractivity contribution >= 4 is 5.91 Å². The quantitative estimate of drug-likeness (QED) is 0.903. The summed E-state index contributed by atoms with van der Waals surface area (Å²) in [5.41, 5.74) is 0.847. The molecule has 1 spiro atoms. The molecule has 3 heterocycles. The summed E-state index contributed by atoms with van der Waals surface area (Å²) in [5, 5.41) is 3.41. The van der Waals surface area contributed by atoms with Gasteiger partial charge in [0.1, 0.15) is 0 Å². The second kappa shape index (κ2) is 5.77. The van der Waals surface area contributed by atoms with Gasteiger partial charge in [-0.1, -0.05) is 0 Å². The molecule has 116 valence electrons. The lowest BCUT2D eigenvalue weighted by atomic mass is 9.71. The Morgan fingerprint density at radius 3 is 2.95 bits per heavy atom. The number of nitrogens with one attached hydrogen (secondary N) is 1. The van der Waals surface area contributed by atoms with Gasteiger partial charge in [0.05, 0.1) is 12.3 Å². The number of rotatable bonds is 3. The first-order chi connectivity index (χ1) is 10.2. The fourth-order valence-corrected chi connectivity index (χ4v) is 3.76. The molecule has 3 rings (SSSR count). The Labute approximate surface area is 124 Å². The maximum Gasteiger partial charge on any atom is 0.291 e. The first kappa shape index (κ1) is 14.5. The summed E-state index contributed by atoms with van der Waals surface area (Å²) in [4.78, 5) is 18.6. The number of carbonyl (C=O) groups is 1. The van der Waals surface area contributed by atoms with Crippen LogP contribution in [-0.2, 0) is 4.74 Å². The van der Waals surface area contributed by atoms with Crippen LogP contribution in [0.1, 0.15) is 29.1 Å². The zero-order valence-electron chi connectivity index (χ0n) is 12.7. The third-order valence-corrected chi connectivity index (χ3v) is 5.01. The van der Waals surface area contributed by atoms with E-state index in [2.05, 4.69) is 10.3 Å². The molecule has 1 amide bonds. The Kier molecular flexibility index (Phi) is 3.99. The molecule has 1 unspecified atom stereocenters. The number of piperidine rings is 1. The Balaban J connectivity index is 1.79. The molecule has 21 heavy (non-hydrogen) atoms. The van der Waals surface area contributed by atoms with Crippen LogP contribution in [0.25, 0.3) is 0 Å². The summed E-state index contributed by atoms with van der Waals surface area (Å²) in [6.45, 7) is 6.08. The highest BCUT2D eigenvalue weighted by molar-refractivity contribution is 5.92. The second-order valence-corrected chi connectivity index (χ2v) is 6.22. The molecule has 1 aromatic rings. The summed E-state index contributed by atoms with van der Waals surface area (Å²) in [6.07, 6.45) is 3.53. The number of carbonyl (C=O) groups excluding carboxylic acids is 1. The number of oxazole rings is 1. The molecule has 0 saturated carbocycles. The van der Waals surface area contributed by atoms with Crippen LogP contribution in [0, 0.1) is 18.3 Å². The maximum atomic E-state index is 12.6. The zero-order valence-corrected chi connectivity index (χ0v) is 12.7. The van der Waals surface area contributed by atoms with Gasteiger partial charge >= 0.3 is 0 Å². The topological polar surface area (TPSA) is 67.6 Å². The van der Waals surface area contributed by atoms with Crippen molar-refractivity contribution in [3.63, 3.8) is 0 Å². The van der Waals surface area contributed by atoms with E-state index in [1.54, 1.807) is 14.0 Å². The number of methoxy groups -OCH3 is 1. The van der Waals surface area contributed by atoms with Crippen molar-refractivity contribution < 1.29 is 13.9 Å².